The fourth-order valence-corrected chi connectivity index (χ4v) is 3.02. The molecule has 138 valence electrons. The predicted molar refractivity (Wildman–Crippen MR) is 106 cm³/mol. The maximum absolute atomic E-state index is 13.5. The van der Waals surface area contributed by atoms with Gasteiger partial charge in [-0.05, 0) is 29.7 Å². The average Bonchev–Trinajstić information content (AvgIpc) is 2.73. The van der Waals surface area contributed by atoms with Crippen LogP contribution in [0.5, 0.6) is 0 Å². The molecule has 0 aliphatic heterocycles. The number of fused-ring (bicyclic) bond motifs is 1. The highest BCUT2D eigenvalue weighted by molar-refractivity contribution is 6.06. The fraction of sp³-hybridized carbons (Fsp3) is 0.0455. The molecule has 4 rings (SSSR count). The second-order valence-corrected chi connectivity index (χ2v) is 6.32. The average molecular weight is 372 g/mol. The Morgan fingerprint density at radius 1 is 1.00 bits per heavy atom. The Kier molecular flexibility index (Phi) is 4.78. The number of nitrogens with one attached hydrogen (secondary N) is 1. The van der Waals surface area contributed by atoms with Crippen LogP contribution >= 0.6 is 0 Å². The molecule has 0 radical (unpaired) electrons. The van der Waals surface area contributed by atoms with Crippen LogP contribution in [0, 0.1) is 5.82 Å². The molecule has 0 aliphatic carbocycles. The van der Waals surface area contributed by atoms with Crippen molar-refractivity contribution in [3.8, 4) is 11.3 Å². The third kappa shape index (κ3) is 3.58. The fourth-order valence-electron chi connectivity index (χ4n) is 3.02. The van der Waals surface area contributed by atoms with E-state index in [-0.39, 0.29) is 11.7 Å². The molecule has 0 aliphatic rings. The van der Waals surface area contributed by atoms with E-state index in [1.165, 1.54) is 18.3 Å². The number of amides is 1. The Hall–Kier alpha value is -3.64. The minimum Gasteiger partial charge on any atom is -0.331 e. The van der Waals surface area contributed by atoms with Gasteiger partial charge in [0.2, 0.25) is 0 Å². The van der Waals surface area contributed by atoms with Gasteiger partial charge in [-0.3, -0.25) is 9.78 Å². The van der Waals surface area contributed by atoms with Gasteiger partial charge >= 0.3 is 0 Å². The maximum Gasteiger partial charge on any atom is 0.255 e. The number of carbonyl (C=O) groups is 1. The second-order valence-electron chi connectivity index (χ2n) is 6.32. The summed E-state index contributed by atoms with van der Waals surface area (Å²) in [6, 6.07) is 18.9. The van der Waals surface area contributed by atoms with Gasteiger partial charge in [0.05, 0.1) is 17.0 Å². The molecule has 2 aromatic heterocycles. The number of aromatic nitrogens is 2. The van der Waals surface area contributed by atoms with Crippen LogP contribution in [0.1, 0.15) is 22.2 Å². The number of halogens is 1. The number of rotatable bonds is 4. The van der Waals surface area contributed by atoms with E-state index >= 15 is 0 Å². The van der Waals surface area contributed by atoms with E-state index in [0.29, 0.717) is 22.5 Å². The van der Waals surface area contributed by atoms with Crippen molar-refractivity contribution in [1.29, 1.82) is 0 Å². The van der Waals surface area contributed by atoms with Crippen LogP contribution in [0.3, 0.4) is 0 Å². The third-order valence-electron chi connectivity index (χ3n) is 4.41. The highest BCUT2D eigenvalue weighted by atomic mass is 19.1. The zero-order valence-corrected chi connectivity index (χ0v) is 14.8. The molecule has 3 N–H and O–H groups in total. The zero-order chi connectivity index (χ0) is 19.5. The first-order valence-corrected chi connectivity index (χ1v) is 8.74. The van der Waals surface area contributed by atoms with E-state index in [0.717, 1.165) is 10.8 Å². The minimum atomic E-state index is -0.819. The molecule has 0 saturated heterocycles. The number of nitrogens with two attached hydrogens (primary N) is 1. The number of pyridine rings is 2. The number of hydrogen-bond donors (Lipinski definition) is 2. The van der Waals surface area contributed by atoms with E-state index < -0.39 is 6.17 Å². The van der Waals surface area contributed by atoms with Crippen molar-refractivity contribution in [1.82, 2.24) is 15.3 Å². The summed E-state index contributed by atoms with van der Waals surface area (Å²) >= 11 is 0. The van der Waals surface area contributed by atoms with Crippen molar-refractivity contribution in [2.24, 2.45) is 5.73 Å². The highest BCUT2D eigenvalue weighted by Crippen LogP contribution is 2.20. The number of hydrogen-bond acceptors (Lipinski definition) is 4. The third-order valence-corrected chi connectivity index (χ3v) is 4.41. The van der Waals surface area contributed by atoms with Gasteiger partial charge in [0, 0.05) is 23.3 Å². The van der Waals surface area contributed by atoms with Crippen molar-refractivity contribution in [2.75, 3.05) is 0 Å². The van der Waals surface area contributed by atoms with Crippen LogP contribution in [0.2, 0.25) is 0 Å². The Morgan fingerprint density at radius 3 is 2.68 bits per heavy atom. The molecular formula is C22H17FN4O. The Morgan fingerprint density at radius 2 is 1.82 bits per heavy atom. The van der Waals surface area contributed by atoms with E-state index in [2.05, 4.69) is 15.3 Å². The lowest BCUT2D eigenvalue weighted by molar-refractivity contribution is 0.0938. The Labute approximate surface area is 161 Å². The van der Waals surface area contributed by atoms with Gasteiger partial charge in [-0.2, -0.15) is 0 Å². The van der Waals surface area contributed by atoms with Crippen LogP contribution in [-0.2, 0) is 0 Å². The summed E-state index contributed by atoms with van der Waals surface area (Å²) < 4.78 is 13.5. The van der Waals surface area contributed by atoms with E-state index in [1.54, 1.807) is 36.5 Å². The first-order valence-electron chi connectivity index (χ1n) is 8.74. The molecule has 28 heavy (non-hydrogen) atoms. The summed E-state index contributed by atoms with van der Waals surface area (Å²) in [6.07, 6.45) is 2.40. The van der Waals surface area contributed by atoms with Gasteiger partial charge in [0.15, 0.2) is 0 Å². The van der Waals surface area contributed by atoms with Gasteiger partial charge in [-0.15, -0.1) is 0 Å². The number of carbonyl (C=O) groups excluding carboxylic acids is 1. The molecule has 0 bridgehead atoms. The number of benzene rings is 2. The summed E-state index contributed by atoms with van der Waals surface area (Å²) in [5, 5.41) is 4.42. The molecule has 2 aromatic carbocycles. The van der Waals surface area contributed by atoms with E-state index in [4.69, 9.17) is 5.73 Å². The van der Waals surface area contributed by atoms with E-state index in [9.17, 15) is 9.18 Å². The maximum atomic E-state index is 13.5. The lowest BCUT2D eigenvalue weighted by Gasteiger charge is -2.15. The monoisotopic (exact) mass is 372 g/mol. The lowest BCUT2D eigenvalue weighted by Crippen LogP contribution is -2.34. The molecule has 0 fully saturated rings. The normalized spacial score (nSPS) is 11.9. The predicted octanol–water partition coefficient (Wildman–Crippen LogP) is 3.82. The van der Waals surface area contributed by atoms with Crippen molar-refractivity contribution in [2.45, 2.75) is 6.17 Å². The molecule has 1 amide bonds. The van der Waals surface area contributed by atoms with Gasteiger partial charge in [0.25, 0.3) is 5.91 Å². The zero-order valence-electron chi connectivity index (χ0n) is 14.8. The molecule has 0 saturated carbocycles. The smallest absolute Gasteiger partial charge is 0.255 e. The first-order chi connectivity index (χ1) is 13.6. The molecule has 0 spiro atoms. The lowest BCUT2D eigenvalue weighted by atomic mass is 10.1. The quantitative estimate of drug-likeness (QED) is 0.534. The van der Waals surface area contributed by atoms with Crippen LogP contribution in [0.15, 0.2) is 79.1 Å². The topological polar surface area (TPSA) is 80.9 Å². The SMILES string of the molecule is NC(NC(=O)c1cncc2ccccc12)c1cccc(-c2cccc(F)c2)n1. The molecular weight excluding hydrogens is 355 g/mol. The van der Waals surface area contributed by atoms with E-state index in [1.807, 2.05) is 24.3 Å². The van der Waals surface area contributed by atoms with Crippen molar-refractivity contribution >= 4 is 16.7 Å². The van der Waals surface area contributed by atoms with Gasteiger partial charge < -0.3 is 11.1 Å². The van der Waals surface area contributed by atoms with Gasteiger partial charge in [0.1, 0.15) is 12.0 Å². The summed E-state index contributed by atoms with van der Waals surface area (Å²) in [6.45, 7) is 0. The molecule has 2 heterocycles. The summed E-state index contributed by atoms with van der Waals surface area (Å²) in [7, 11) is 0. The van der Waals surface area contributed by atoms with Crippen LogP contribution < -0.4 is 11.1 Å². The van der Waals surface area contributed by atoms with Crippen molar-refractivity contribution in [3.63, 3.8) is 0 Å². The molecule has 5 nitrogen and oxygen atoms in total. The summed E-state index contributed by atoms with van der Waals surface area (Å²) in [5.74, 6) is -0.680. The van der Waals surface area contributed by atoms with Crippen LogP contribution in [-0.4, -0.2) is 15.9 Å². The molecule has 1 atom stereocenters. The van der Waals surface area contributed by atoms with Gasteiger partial charge in [-0.1, -0.05) is 42.5 Å². The van der Waals surface area contributed by atoms with Crippen LogP contribution in [0.4, 0.5) is 4.39 Å². The highest BCUT2D eigenvalue weighted by Gasteiger charge is 2.16. The van der Waals surface area contributed by atoms with Crippen LogP contribution in [0.25, 0.3) is 22.0 Å². The molecule has 4 aromatic rings. The number of nitrogens with zero attached hydrogens (tertiary/aromatic N) is 2. The second kappa shape index (κ2) is 7.54. The largest absolute Gasteiger partial charge is 0.331 e. The standard InChI is InChI=1S/C22H17FN4O/c23-16-7-3-6-14(11-16)19-9-4-10-20(26-19)21(24)27-22(28)18-13-25-12-15-5-1-2-8-17(15)18/h1-13,21H,24H2,(H,27,28). The van der Waals surface area contributed by atoms with Crippen molar-refractivity contribution in [3.05, 3.63) is 96.2 Å². The first kappa shape index (κ1) is 17.8. The summed E-state index contributed by atoms with van der Waals surface area (Å²) in [5.41, 5.74) is 8.30. The van der Waals surface area contributed by atoms with Crippen molar-refractivity contribution < 1.29 is 9.18 Å². The minimum absolute atomic E-state index is 0.338. The summed E-state index contributed by atoms with van der Waals surface area (Å²) in [4.78, 5) is 21.3. The molecule has 1 unspecified atom stereocenters. The Bertz CT molecular complexity index is 1160. The Balaban J connectivity index is 1.59. The molecule has 6 heteroatoms. The van der Waals surface area contributed by atoms with Gasteiger partial charge in [-0.25, -0.2) is 9.37 Å².